The molecule has 0 radical (unpaired) electrons. The van der Waals surface area contributed by atoms with Crippen LogP contribution in [0.25, 0.3) is 0 Å². The predicted octanol–water partition coefficient (Wildman–Crippen LogP) is -6.20. The summed E-state index contributed by atoms with van der Waals surface area (Å²) in [6.45, 7) is 1.94. The number of hydrogen-bond donors (Lipinski definition) is 14. The molecule has 18 heteroatoms. The van der Waals surface area contributed by atoms with Crippen LogP contribution >= 0.6 is 0 Å². The van der Waals surface area contributed by atoms with E-state index in [4.69, 9.17) is 0 Å². The number of rotatable bonds is 10. The fraction of sp³-hybridized carbons (Fsp3) is 0.696. The monoisotopic (exact) mass is 596 g/mol. The number of benzene rings is 1. The number of hydrogen-bond acceptors (Lipinski definition) is 17. The standard InChI is InChI=1S/C23H40N4O14/c1-17(30)11-20(34,12-21(35,27(17)23(39,40)41)16(29)18(2,31)19(3,32)33)24-15(28)10-13-8-6-7-9-14(13)26(25(4)5)22(36,37)38/h6-9,16,29-41H,10-12H2,1-5H3,(H,24,28). The summed E-state index contributed by atoms with van der Waals surface area (Å²) in [5.41, 5.74) is -12.3. The van der Waals surface area contributed by atoms with E-state index in [2.05, 4.69) is 5.32 Å². The number of piperidine rings is 1. The maximum absolute atomic E-state index is 13.1. The van der Waals surface area contributed by atoms with Gasteiger partial charge < -0.3 is 71.7 Å². The molecule has 2 rings (SSSR count). The third-order valence-corrected chi connectivity index (χ3v) is 6.91. The molecule has 1 saturated heterocycles. The van der Waals surface area contributed by atoms with Gasteiger partial charge in [-0.3, -0.25) is 4.79 Å². The van der Waals surface area contributed by atoms with E-state index < -0.39 is 72.0 Å². The number of aliphatic hydroxyl groups is 13. The Morgan fingerprint density at radius 1 is 0.976 bits per heavy atom. The van der Waals surface area contributed by atoms with Gasteiger partial charge in [0.25, 0.3) is 0 Å². The van der Waals surface area contributed by atoms with Crippen molar-refractivity contribution in [2.24, 2.45) is 0 Å². The van der Waals surface area contributed by atoms with Crippen LogP contribution in [0, 0.1) is 0 Å². The molecule has 0 bridgehead atoms. The van der Waals surface area contributed by atoms with Crippen LogP contribution in [0.3, 0.4) is 0 Å². The van der Waals surface area contributed by atoms with Gasteiger partial charge in [0, 0.05) is 26.9 Å². The summed E-state index contributed by atoms with van der Waals surface area (Å²) in [7, 11) is 2.70. The molecule has 1 heterocycles. The molecule has 0 saturated carbocycles. The average molecular weight is 597 g/mol. The van der Waals surface area contributed by atoms with Crippen molar-refractivity contribution < 1.29 is 71.2 Å². The lowest BCUT2D eigenvalue weighted by molar-refractivity contribution is -0.499. The number of para-hydroxylation sites is 1. The van der Waals surface area contributed by atoms with Crippen LogP contribution in [0.5, 0.6) is 0 Å². The molecule has 1 fully saturated rings. The van der Waals surface area contributed by atoms with Crippen molar-refractivity contribution in [3.8, 4) is 0 Å². The van der Waals surface area contributed by atoms with Gasteiger partial charge in [0.2, 0.25) is 5.91 Å². The van der Waals surface area contributed by atoms with Crippen LogP contribution < -0.4 is 10.3 Å². The smallest absolute Gasteiger partial charge is 0.383 e. The lowest BCUT2D eigenvalue weighted by Gasteiger charge is -2.60. The fourth-order valence-corrected chi connectivity index (χ4v) is 5.21. The molecule has 1 aromatic carbocycles. The van der Waals surface area contributed by atoms with Crippen molar-refractivity contribution in [1.82, 2.24) is 15.2 Å². The molecule has 5 unspecified atom stereocenters. The van der Waals surface area contributed by atoms with E-state index in [-0.39, 0.29) is 16.2 Å². The van der Waals surface area contributed by atoms with Crippen molar-refractivity contribution in [3.05, 3.63) is 29.8 Å². The largest absolute Gasteiger partial charge is 0.385 e. The Bertz CT molecular complexity index is 1100. The highest BCUT2D eigenvalue weighted by Gasteiger charge is 2.69. The Morgan fingerprint density at radius 2 is 1.49 bits per heavy atom. The molecule has 5 atom stereocenters. The van der Waals surface area contributed by atoms with Crippen LogP contribution in [0.4, 0.5) is 5.69 Å². The first kappa shape index (κ1) is 35.1. The van der Waals surface area contributed by atoms with E-state index in [1.54, 1.807) is 0 Å². The van der Waals surface area contributed by atoms with Crippen molar-refractivity contribution in [2.45, 2.75) is 86.9 Å². The quantitative estimate of drug-likeness (QED) is 0.0882. The normalized spacial score (nSPS) is 28.8. The van der Waals surface area contributed by atoms with Crippen molar-refractivity contribution in [1.29, 1.82) is 0 Å². The van der Waals surface area contributed by atoms with E-state index in [0.29, 0.717) is 18.9 Å². The van der Waals surface area contributed by atoms with Gasteiger partial charge in [-0.2, -0.15) is 4.90 Å². The lowest BCUT2D eigenvalue weighted by atomic mass is 9.74. The van der Waals surface area contributed by atoms with Gasteiger partial charge in [-0.15, -0.1) is 0 Å². The van der Waals surface area contributed by atoms with E-state index in [9.17, 15) is 71.2 Å². The van der Waals surface area contributed by atoms with Crippen LogP contribution in [0.2, 0.25) is 0 Å². The van der Waals surface area contributed by atoms with E-state index in [1.807, 2.05) is 0 Å². The highest BCUT2D eigenvalue weighted by atomic mass is 16.7. The zero-order chi connectivity index (χ0) is 32.2. The van der Waals surface area contributed by atoms with Crippen LogP contribution in [-0.4, -0.2) is 143 Å². The molecular weight excluding hydrogens is 556 g/mol. The summed E-state index contributed by atoms with van der Waals surface area (Å²) >= 11 is 0. The van der Waals surface area contributed by atoms with Gasteiger partial charge in [0.1, 0.15) is 23.2 Å². The maximum Gasteiger partial charge on any atom is 0.383 e. The number of aliphatic hydroxyl groups excluding tert-OH is 1. The molecule has 14 N–H and O–H groups in total. The number of nitrogens with one attached hydrogen (secondary N) is 1. The van der Waals surface area contributed by atoms with Crippen molar-refractivity contribution >= 4 is 11.6 Å². The van der Waals surface area contributed by atoms with E-state index in [0.717, 1.165) is 11.9 Å². The van der Waals surface area contributed by atoms with E-state index in [1.165, 1.54) is 38.4 Å². The minimum absolute atomic E-state index is 0.0580. The van der Waals surface area contributed by atoms with Gasteiger partial charge in [-0.1, -0.05) is 18.2 Å². The van der Waals surface area contributed by atoms with Gasteiger partial charge in [0.05, 0.1) is 12.1 Å². The van der Waals surface area contributed by atoms with Crippen molar-refractivity contribution in [3.63, 3.8) is 0 Å². The summed E-state index contributed by atoms with van der Waals surface area (Å²) < 4.78 is 0. The number of anilines is 1. The summed E-state index contributed by atoms with van der Waals surface area (Å²) in [6.07, 6.45) is -13.5. The second-order valence-electron chi connectivity index (χ2n) is 11.1. The van der Waals surface area contributed by atoms with Crippen LogP contribution in [0.1, 0.15) is 39.2 Å². The number of carbonyl (C=O) groups excluding carboxylic acids is 1. The second-order valence-corrected chi connectivity index (χ2v) is 11.1. The molecule has 0 aliphatic carbocycles. The zero-order valence-corrected chi connectivity index (χ0v) is 23.1. The Labute approximate surface area is 234 Å². The van der Waals surface area contributed by atoms with E-state index >= 15 is 0 Å². The third kappa shape index (κ3) is 7.10. The lowest BCUT2D eigenvalue weighted by Crippen LogP contribution is -2.83. The first-order valence-electron chi connectivity index (χ1n) is 12.1. The Kier molecular flexibility index (Phi) is 9.30. The SMILES string of the molecule is CN(C)N(c1ccccc1CC(=O)NC1(O)CC(C)(O)N(C(O)(O)O)C(O)(C(O)C(C)(O)C(C)(O)O)C1)C(O)(O)O. The van der Waals surface area contributed by atoms with Gasteiger partial charge in [-0.05, 0) is 32.4 Å². The number of amides is 1. The molecule has 1 aromatic rings. The molecule has 1 aliphatic rings. The topological polar surface area (TPSA) is 302 Å². The van der Waals surface area contributed by atoms with Crippen molar-refractivity contribution in [2.75, 3.05) is 19.1 Å². The zero-order valence-electron chi connectivity index (χ0n) is 23.1. The summed E-state index contributed by atoms with van der Waals surface area (Å²) in [5.74, 6) is -4.24. The molecular formula is C23H40N4O14. The predicted molar refractivity (Wildman–Crippen MR) is 134 cm³/mol. The minimum Gasteiger partial charge on any atom is -0.385 e. The molecule has 41 heavy (non-hydrogen) atoms. The van der Waals surface area contributed by atoms with Gasteiger partial charge in [-0.25, -0.2) is 10.0 Å². The maximum atomic E-state index is 13.1. The number of nitrogens with zero attached hydrogens (tertiary/aromatic N) is 3. The fourth-order valence-electron chi connectivity index (χ4n) is 5.21. The molecule has 1 aliphatic heterocycles. The Morgan fingerprint density at radius 3 is 1.93 bits per heavy atom. The molecule has 0 aromatic heterocycles. The van der Waals surface area contributed by atoms with Crippen LogP contribution in [0.15, 0.2) is 24.3 Å². The first-order valence-corrected chi connectivity index (χ1v) is 12.1. The molecule has 1 amide bonds. The molecule has 0 spiro atoms. The molecule has 18 nitrogen and oxygen atoms in total. The highest BCUT2D eigenvalue weighted by molar-refractivity contribution is 5.81. The highest BCUT2D eigenvalue weighted by Crippen LogP contribution is 2.47. The number of hydrazine groups is 1. The van der Waals surface area contributed by atoms with Gasteiger partial charge >= 0.3 is 12.2 Å². The second kappa shape index (κ2) is 10.9. The Balaban J connectivity index is 2.53. The average Bonchev–Trinajstić information content (AvgIpc) is 2.69. The summed E-state index contributed by atoms with van der Waals surface area (Å²) in [5, 5.41) is 138. The summed E-state index contributed by atoms with van der Waals surface area (Å²) in [4.78, 5) is 12.8. The number of likely N-dealkylation sites (tertiary alicyclic amines) is 1. The number of carbonyl (C=O) groups is 1. The van der Waals surface area contributed by atoms with Crippen LogP contribution in [-0.2, 0) is 11.2 Å². The molecule has 236 valence electrons. The Hall–Kier alpha value is -2.11. The third-order valence-electron chi connectivity index (χ3n) is 6.91. The minimum atomic E-state index is -4.14. The first-order chi connectivity index (χ1) is 18.1. The van der Waals surface area contributed by atoms with Gasteiger partial charge in [0.15, 0.2) is 11.5 Å². The summed E-state index contributed by atoms with van der Waals surface area (Å²) in [6, 6.07) is 5.60.